The largest absolute Gasteiger partial charge is 0.498 e. The van der Waals surface area contributed by atoms with E-state index >= 15 is 0 Å². The van der Waals surface area contributed by atoms with Crippen molar-refractivity contribution < 1.29 is 24.0 Å². The Morgan fingerprint density at radius 1 is 1.02 bits per heavy atom. The molecule has 4 aliphatic rings. The first-order valence-corrected chi connectivity index (χ1v) is 18.2. The van der Waals surface area contributed by atoms with Crippen molar-refractivity contribution in [2.45, 2.75) is 83.5 Å². The number of urea groups is 1. The van der Waals surface area contributed by atoms with Gasteiger partial charge >= 0.3 is 6.03 Å². The number of aldehydes is 1. The molecule has 10 heteroatoms. The molecule has 2 aromatic carbocycles. The van der Waals surface area contributed by atoms with Gasteiger partial charge in [0, 0.05) is 54.2 Å². The molecule has 2 unspecified atom stereocenters. The average molecular weight is 709 g/mol. The minimum atomic E-state index is -1.14. The van der Waals surface area contributed by atoms with Gasteiger partial charge in [0.25, 0.3) is 6.09 Å². The number of carbonyl (C=O) groups excluding carboxylic acids is 3. The Labute approximate surface area is 288 Å². The predicted octanol–water partition coefficient (Wildman–Crippen LogP) is 5.32. The molecule has 4 aliphatic heterocycles. The summed E-state index contributed by atoms with van der Waals surface area (Å²) in [5.41, 5.74) is 3.89. The maximum atomic E-state index is 13.8. The van der Waals surface area contributed by atoms with Crippen molar-refractivity contribution >= 4 is 40.0 Å². The molecule has 3 saturated heterocycles. The molecule has 0 aliphatic carbocycles. The van der Waals surface area contributed by atoms with E-state index in [2.05, 4.69) is 50.2 Å². The summed E-state index contributed by atoms with van der Waals surface area (Å²) in [7, 11) is 2.19. The molecule has 1 N–H and O–H groups in total. The van der Waals surface area contributed by atoms with Gasteiger partial charge in [0.1, 0.15) is 12.8 Å². The number of hydrogen-bond acceptors (Lipinski definition) is 6. The van der Waals surface area contributed by atoms with Gasteiger partial charge in [0.15, 0.2) is 5.66 Å². The number of anilines is 1. The summed E-state index contributed by atoms with van der Waals surface area (Å²) in [5, 5.41) is 16.9. The average Bonchev–Trinajstić information content (AvgIpc) is 3.23. The van der Waals surface area contributed by atoms with Gasteiger partial charge in [-0.05, 0) is 113 Å². The number of likely N-dealkylation sites (tertiary alicyclic amines) is 3. The lowest BCUT2D eigenvalue weighted by atomic mass is 9.76. The van der Waals surface area contributed by atoms with E-state index < -0.39 is 11.8 Å². The molecule has 47 heavy (non-hydrogen) atoms. The van der Waals surface area contributed by atoms with Gasteiger partial charge in [-0.25, -0.2) is 4.79 Å². The fourth-order valence-electron chi connectivity index (χ4n) is 9.43. The predicted molar refractivity (Wildman–Crippen MR) is 185 cm³/mol. The zero-order chi connectivity index (χ0) is 33.3. The van der Waals surface area contributed by atoms with Crippen LogP contribution < -0.4 is 10.4 Å². The monoisotopic (exact) mass is 707 g/mol. The van der Waals surface area contributed by atoms with Crippen molar-refractivity contribution in [2.75, 3.05) is 51.6 Å². The van der Waals surface area contributed by atoms with E-state index in [-0.39, 0.29) is 36.1 Å². The number of quaternary nitrogens is 1. The second-order valence-corrected chi connectivity index (χ2v) is 15.4. The molecule has 0 saturated carbocycles. The third-order valence-electron chi connectivity index (χ3n) is 12.1. The molecule has 3 fully saturated rings. The Kier molecular flexibility index (Phi) is 10.1. The lowest BCUT2D eigenvalue weighted by Gasteiger charge is -2.62. The van der Waals surface area contributed by atoms with Gasteiger partial charge in [0.05, 0.1) is 13.0 Å². The van der Waals surface area contributed by atoms with Gasteiger partial charge in [-0.2, -0.15) is 0 Å². The minimum absolute atomic E-state index is 0.0700. The Balaban J connectivity index is 1.36. The highest BCUT2D eigenvalue weighted by Gasteiger charge is 2.61. The molecule has 0 aromatic heterocycles. The van der Waals surface area contributed by atoms with Crippen LogP contribution in [0.15, 0.2) is 40.9 Å². The van der Waals surface area contributed by atoms with Crippen LogP contribution in [0, 0.1) is 25.7 Å². The van der Waals surface area contributed by atoms with Crippen LogP contribution in [0.5, 0.6) is 0 Å². The second-order valence-electron chi connectivity index (χ2n) is 14.7. The molecule has 6 rings (SSSR count). The van der Waals surface area contributed by atoms with E-state index in [4.69, 9.17) is 0 Å². The number of halogens is 1. The summed E-state index contributed by atoms with van der Waals surface area (Å²) in [6, 6.07) is 11.6. The van der Waals surface area contributed by atoms with Gasteiger partial charge in [-0.1, -0.05) is 34.1 Å². The third kappa shape index (κ3) is 6.51. The molecule has 0 radical (unpaired) electrons. The van der Waals surface area contributed by atoms with Crippen molar-refractivity contribution in [1.82, 2.24) is 14.7 Å². The van der Waals surface area contributed by atoms with E-state index in [9.17, 15) is 19.5 Å². The first-order chi connectivity index (χ1) is 22.6. The van der Waals surface area contributed by atoms with Gasteiger partial charge in [-0.3, -0.25) is 9.38 Å². The highest BCUT2D eigenvalue weighted by Crippen LogP contribution is 2.47. The summed E-state index contributed by atoms with van der Waals surface area (Å²) in [6.45, 7) is 8.82. The first kappa shape index (κ1) is 34.1. The molecule has 9 nitrogen and oxygen atoms in total. The minimum Gasteiger partial charge on any atom is -0.498 e. The highest BCUT2D eigenvalue weighted by molar-refractivity contribution is 9.10. The van der Waals surface area contributed by atoms with Crippen LogP contribution in [0.25, 0.3) is 0 Å². The lowest BCUT2D eigenvalue weighted by Crippen LogP contribution is -2.80. The zero-order valence-electron chi connectivity index (χ0n) is 28.2. The number of carboxylic acid groups (broad SMARTS) is 1. The van der Waals surface area contributed by atoms with Crippen LogP contribution in [0.4, 0.5) is 15.3 Å². The maximum absolute atomic E-state index is 13.8. The number of nitrogens with one attached hydrogen (secondary N) is 1. The molecule has 0 bridgehead atoms. The van der Waals surface area contributed by atoms with Crippen molar-refractivity contribution in [2.24, 2.45) is 11.8 Å². The summed E-state index contributed by atoms with van der Waals surface area (Å²) in [5.74, 6) is 1.29. The van der Waals surface area contributed by atoms with E-state index in [0.717, 1.165) is 77.7 Å². The number of carbonyl (C=O) groups is 3. The number of rotatable bonds is 7. The number of aryl methyl sites for hydroxylation is 2. The van der Waals surface area contributed by atoms with Gasteiger partial charge in [0.2, 0.25) is 0 Å². The number of hydrogen-bond donors (Lipinski definition) is 1. The van der Waals surface area contributed by atoms with Crippen LogP contribution in [0.3, 0.4) is 0 Å². The van der Waals surface area contributed by atoms with Crippen LogP contribution in [0.2, 0.25) is 0 Å². The van der Waals surface area contributed by atoms with E-state index in [0.29, 0.717) is 37.6 Å². The Hall–Kier alpha value is -2.79. The Morgan fingerprint density at radius 2 is 1.66 bits per heavy atom. The smallest absolute Gasteiger partial charge is 0.322 e. The summed E-state index contributed by atoms with van der Waals surface area (Å²) >= 11 is 3.67. The van der Waals surface area contributed by atoms with Crippen LogP contribution in [-0.2, 0) is 17.8 Å². The van der Waals surface area contributed by atoms with E-state index in [1.54, 1.807) is 0 Å². The van der Waals surface area contributed by atoms with Gasteiger partial charge in [-0.15, -0.1) is 0 Å². The van der Waals surface area contributed by atoms with Crippen molar-refractivity contribution in [1.29, 1.82) is 0 Å². The number of piperidine rings is 3. The fraction of sp³-hybridized carbons (Fsp3) is 0.595. The van der Waals surface area contributed by atoms with Crippen molar-refractivity contribution in [3.63, 3.8) is 0 Å². The molecule has 3 amide bonds. The molecule has 0 spiro atoms. The lowest BCUT2D eigenvalue weighted by molar-refractivity contribution is -0.956. The van der Waals surface area contributed by atoms with Crippen LogP contribution in [-0.4, -0.2) is 95.6 Å². The quantitative estimate of drug-likeness (QED) is 0.309. The SMILES string of the molecule is Cc1cc(C[N@+]2(C(=O)[O-])CCC(N3CCc4ccccc4NC3=O)CC2(CC=O)N2CCC(C3CCN(C)CC3)CC2)cc(C)c1Br. The summed E-state index contributed by atoms with van der Waals surface area (Å²) < 4.78 is 0.681. The molecule has 254 valence electrons. The molecular weight excluding hydrogens is 658 g/mol. The van der Waals surface area contributed by atoms with Crippen LogP contribution >= 0.6 is 15.9 Å². The van der Waals surface area contributed by atoms with Gasteiger partial charge < -0.3 is 29.8 Å². The number of nitrogens with zero attached hydrogens (tertiary/aromatic N) is 4. The topological polar surface area (TPSA) is 96.0 Å². The summed E-state index contributed by atoms with van der Waals surface area (Å²) in [6.07, 6.45) is 5.85. The third-order valence-corrected chi connectivity index (χ3v) is 13.3. The zero-order valence-corrected chi connectivity index (χ0v) is 29.8. The molecule has 4 heterocycles. The van der Waals surface area contributed by atoms with Crippen molar-refractivity contribution in [3.8, 4) is 0 Å². The van der Waals surface area contributed by atoms with E-state index in [1.807, 2.05) is 43.0 Å². The molecule has 3 atom stereocenters. The number of para-hydroxylation sites is 1. The van der Waals surface area contributed by atoms with Crippen LogP contribution in [0.1, 0.15) is 67.2 Å². The summed E-state index contributed by atoms with van der Waals surface area (Å²) in [4.78, 5) is 46.9. The molecule has 2 aromatic rings. The maximum Gasteiger partial charge on any atom is 0.322 e. The number of benzene rings is 2. The molecular formula is C37H50BrN5O4. The Morgan fingerprint density at radius 3 is 2.30 bits per heavy atom. The first-order valence-electron chi connectivity index (χ1n) is 17.4. The van der Waals surface area contributed by atoms with Crippen molar-refractivity contribution in [3.05, 3.63) is 63.1 Å². The number of fused-ring (bicyclic) bond motifs is 1. The fourth-order valence-corrected chi connectivity index (χ4v) is 9.66. The highest BCUT2D eigenvalue weighted by atomic mass is 79.9. The second kappa shape index (κ2) is 14.0. The van der Waals surface area contributed by atoms with E-state index in [1.165, 1.54) is 12.8 Å². The normalized spacial score (nSPS) is 28.4. The standard InChI is InChI=1S/C37H50BrN5O4/c1-26-22-28(23-27(2)34(26)38)25-43(36(46)47)20-13-32(42-19-12-31-6-4-5-7-33(31)39-35(42)45)24-37(43,14-21-44)41-17-10-30(11-18-41)29-8-15-40(3)16-9-29/h4-7,21-23,29-30,32H,8-20,24-25H2,1-3H3,(H-,39,45,46,47)/t32?,37?,43-/m0/s1. The Bertz CT molecular complexity index is 1460. The number of amides is 3.